The SMILES string of the molecule is CCNC(=NCc1cn(C)nc1C(F)(F)F)N1CCN(CC(=O)NC2CC2)CC1. The molecule has 29 heavy (non-hydrogen) atoms. The Morgan fingerprint density at radius 1 is 1.28 bits per heavy atom. The summed E-state index contributed by atoms with van der Waals surface area (Å²) in [6, 6.07) is 0.352. The Morgan fingerprint density at radius 3 is 2.55 bits per heavy atom. The Balaban J connectivity index is 1.58. The Kier molecular flexibility index (Phi) is 6.66. The second-order valence-electron chi connectivity index (χ2n) is 7.45. The van der Waals surface area contributed by atoms with E-state index in [0.717, 1.165) is 17.5 Å². The number of guanidine groups is 1. The minimum Gasteiger partial charge on any atom is -0.357 e. The smallest absolute Gasteiger partial charge is 0.357 e. The van der Waals surface area contributed by atoms with Crippen LogP contribution in [0.2, 0.25) is 0 Å². The van der Waals surface area contributed by atoms with Crippen molar-refractivity contribution >= 4 is 11.9 Å². The molecule has 1 aliphatic heterocycles. The number of halogens is 3. The van der Waals surface area contributed by atoms with Crippen molar-refractivity contribution in [2.75, 3.05) is 39.3 Å². The number of alkyl halides is 3. The summed E-state index contributed by atoms with van der Waals surface area (Å²) >= 11 is 0. The van der Waals surface area contributed by atoms with Crippen LogP contribution in [-0.4, -0.2) is 76.8 Å². The molecule has 2 fully saturated rings. The molecule has 2 N–H and O–H groups in total. The summed E-state index contributed by atoms with van der Waals surface area (Å²) in [5, 5.41) is 9.65. The predicted molar refractivity (Wildman–Crippen MR) is 102 cm³/mol. The lowest BCUT2D eigenvalue weighted by Crippen LogP contribution is -2.54. The van der Waals surface area contributed by atoms with Crippen LogP contribution in [0.25, 0.3) is 0 Å². The third-order valence-corrected chi connectivity index (χ3v) is 4.89. The van der Waals surface area contributed by atoms with Crippen molar-refractivity contribution in [1.29, 1.82) is 0 Å². The van der Waals surface area contributed by atoms with Gasteiger partial charge in [0.25, 0.3) is 0 Å². The average Bonchev–Trinajstić information content (AvgIpc) is 3.37. The molecule has 3 rings (SSSR count). The monoisotopic (exact) mass is 415 g/mol. The van der Waals surface area contributed by atoms with E-state index in [0.29, 0.717) is 51.3 Å². The highest BCUT2D eigenvalue weighted by molar-refractivity contribution is 5.80. The molecule has 2 aliphatic rings. The van der Waals surface area contributed by atoms with E-state index in [2.05, 4.69) is 25.6 Å². The molecule has 0 aromatic carbocycles. The highest BCUT2D eigenvalue weighted by atomic mass is 19.4. The summed E-state index contributed by atoms with van der Waals surface area (Å²) in [6.07, 6.45) is -1.02. The zero-order valence-electron chi connectivity index (χ0n) is 16.8. The summed E-state index contributed by atoms with van der Waals surface area (Å²) in [6.45, 7) is 5.51. The Labute approximate surface area is 168 Å². The van der Waals surface area contributed by atoms with E-state index in [1.165, 1.54) is 13.2 Å². The zero-order chi connectivity index (χ0) is 21.0. The first kappa shape index (κ1) is 21.4. The fourth-order valence-electron chi connectivity index (χ4n) is 3.30. The van der Waals surface area contributed by atoms with Crippen molar-refractivity contribution in [2.45, 2.75) is 38.5 Å². The molecule has 0 radical (unpaired) electrons. The number of piperazine rings is 1. The van der Waals surface area contributed by atoms with E-state index in [9.17, 15) is 18.0 Å². The molecule has 1 aromatic heterocycles. The highest BCUT2D eigenvalue weighted by Gasteiger charge is 2.36. The first-order chi connectivity index (χ1) is 13.8. The molecule has 1 aliphatic carbocycles. The summed E-state index contributed by atoms with van der Waals surface area (Å²) in [5.41, 5.74) is -0.850. The maximum atomic E-state index is 13.1. The number of rotatable bonds is 6. The van der Waals surface area contributed by atoms with Crippen LogP contribution >= 0.6 is 0 Å². The van der Waals surface area contributed by atoms with Crippen LogP contribution in [0.15, 0.2) is 11.2 Å². The Hall–Kier alpha value is -2.30. The van der Waals surface area contributed by atoms with Gasteiger partial charge in [0.05, 0.1) is 13.1 Å². The molecule has 11 heteroatoms. The molecule has 1 aromatic rings. The van der Waals surface area contributed by atoms with E-state index in [1.54, 1.807) is 0 Å². The second kappa shape index (κ2) is 9.02. The van der Waals surface area contributed by atoms with Crippen LogP contribution in [0.4, 0.5) is 13.2 Å². The van der Waals surface area contributed by atoms with E-state index >= 15 is 0 Å². The van der Waals surface area contributed by atoms with E-state index in [1.807, 2.05) is 11.8 Å². The van der Waals surface area contributed by atoms with Crippen LogP contribution < -0.4 is 10.6 Å². The van der Waals surface area contributed by atoms with Gasteiger partial charge < -0.3 is 15.5 Å². The van der Waals surface area contributed by atoms with Gasteiger partial charge in [0, 0.05) is 57.6 Å². The van der Waals surface area contributed by atoms with Gasteiger partial charge in [-0.3, -0.25) is 14.4 Å². The highest BCUT2D eigenvalue weighted by Crippen LogP contribution is 2.30. The number of amides is 1. The van der Waals surface area contributed by atoms with Gasteiger partial charge >= 0.3 is 6.18 Å². The van der Waals surface area contributed by atoms with Crippen molar-refractivity contribution in [3.8, 4) is 0 Å². The Bertz CT molecular complexity index is 734. The number of carbonyl (C=O) groups is 1. The van der Waals surface area contributed by atoms with Crippen LogP contribution in [0.3, 0.4) is 0 Å². The van der Waals surface area contributed by atoms with E-state index in [-0.39, 0.29) is 18.0 Å². The number of carbonyl (C=O) groups excluding carboxylic acids is 1. The first-order valence-electron chi connectivity index (χ1n) is 9.91. The molecule has 0 unspecified atom stereocenters. The van der Waals surface area contributed by atoms with E-state index in [4.69, 9.17) is 0 Å². The summed E-state index contributed by atoms with van der Waals surface area (Å²) in [4.78, 5) is 20.5. The summed E-state index contributed by atoms with van der Waals surface area (Å²) < 4.78 is 40.6. The van der Waals surface area contributed by atoms with Crippen molar-refractivity contribution in [2.24, 2.45) is 12.0 Å². The van der Waals surface area contributed by atoms with Gasteiger partial charge in [0.15, 0.2) is 11.7 Å². The largest absolute Gasteiger partial charge is 0.435 e. The standard InChI is InChI=1S/C18H28F3N7O/c1-3-22-17(23-10-13-11-26(2)25-16(13)18(19,20)21)28-8-6-27(7-9-28)12-15(29)24-14-4-5-14/h11,14H,3-10,12H2,1-2H3,(H,22,23)(H,24,29). The molecule has 8 nitrogen and oxygen atoms in total. The van der Waals surface area contributed by atoms with Crippen molar-refractivity contribution in [3.05, 3.63) is 17.5 Å². The summed E-state index contributed by atoms with van der Waals surface area (Å²) in [7, 11) is 1.46. The summed E-state index contributed by atoms with van der Waals surface area (Å²) in [5.74, 6) is 0.629. The lowest BCUT2D eigenvalue weighted by atomic mass is 10.2. The number of nitrogens with zero attached hydrogens (tertiary/aromatic N) is 5. The van der Waals surface area contributed by atoms with Crippen LogP contribution in [0, 0.1) is 0 Å². The number of aryl methyl sites for hydroxylation is 1. The molecule has 1 saturated heterocycles. The van der Waals surface area contributed by atoms with Gasteiger partial charge in [-0.25, -0.2) is 4.99 Å². The molecule has 1 saturated carbocycles. The van der Waals surface area contributed by atoms with Gasteiger partial charge in [-0.05, 0) is 19.8 Å². The van der Waals surface area contributed by atoms with E-state index < -0.39 is 11.9 Å². The number of nitrogens with one attached hydrogen (secondary N) is 2. The lowest BCUT2D eigenvalue weighted by Gasteiger charge is -2.36. The lowest BCUT2D eigenvalue weighted by molar-refractivity contribution is -0.142. The fourth-order valence-corrected chi connectivity index (χ4v) is 3.30. The maximum Gasteiger partial charge on any atom is 0.435 e. The molecule has 0 atom stereocenters. The third-order valence-electron chi connectivity index (χ3n) is 4.89. The maximum absolute atomic E-state index is 13.1. The number of hydrogen-bond donors (Lipinski definition) is 2. The molecule has 1 amide bonds. The van der Waals surface area contributed by atoms with Gasteiger partial charge in [0.1, 0.15) is 0 Å². The number of aliphatic imine (C=N–C) groups is 1. The minimum atomic E-state index is -4.50. The van der Waals surface area contributed by atoms with Crippen LogP contribution in [-0.2, 0) is 24.6 Å². The molecular formula is C18H28F3N7O. The van der Waals surface area contributed by atoms with Crippen molar-refractivity contribution < 1.29 is 18.0 Å². The number of hydrogen-bond acceptors (Lipinski definition) is 4. The van der Waals surface area contributed by atoms with Crippen LogP contribution in [0.1, 0.15) is 31.0 Å². The predicted octanol–water partition coefficient (Wildman–Crippen LogP) is 0.801. The third kappa shape index (κ3) is 6.09. The van der Waals surface area contributed by atoms with Gasteiger partial charge in [-0.2, -0.15) is 18.3 Å². The number of aromatic nitrogens is 2. The molecule has 0 spiro atoms. The Morgan fingerprint density at radius 2 is 1.97 bits per heavy atom. The topological polar surface area (TPSA) is 77.8 Å². The quantitative estimate of drug-likeness (QED) is 0.531. The molecule has 2 heterocycles. The molecule has 162 valence electrons. The second-order valence-corrected chi connectivity index (χ2v) is 7.45. The molecule has 0 bridgehead atoms. The fraction of sp³-hybridized carbons (Fsp3) is 0.722. The average molecular weight is 415 g/mol. The first-order valence-corrected chi connectivity index (χ1v) is 9.91. The molecular weight excluding hydrogens is 387 g/mol. The van der Waals surface area contributed by atoms with Crippen molar-refractivity contribution in [1.82, 2.24) is 30.2 Å². The van der Waals surface area contributed by atoms with Gasteiger partial charge in [-0.15, -0.1) is 0 Å². The van der Waals surface area contributed by atoms with Crippen molar-refractivity contribution in [3.63, 3.8) is 0 Å². The van der Waals surface area contributed by atoms with Gasteiger partial charge in [0.2, 0.25) is 5.91 Å². The zero-order valence-corrected chi connectivity index (χ0v) is 16.8. The van der Waals surface area contributed by atoms with Crippen LogP contribution in [0.5, 0.6) is 0 Å². The minimum absolute atomic E-state index is 0.0470. The van der Waals surface area contributed by atoms with Gasteiger partial charge in [-0.1, -0.05) is 0 Å². The normalized spacial score (nSPS) is 18.8.